The Bertz CT molecular complexity index is 1090. The lowest BCUT2D eigenvalue weighted by Crippen LogP contribution is -2.14. The van der Waals surface area contributed by atoms with Crippen molar-refractivity contribution in [1.29, 1.82) is 0 Å². The number of anilines is 1. The summed E-state index contributed by atoms with van der Waals surface area (Å²) in [6.07, 6.45) is 1.53. The third-order valence-electron chi connectivity index (χ3n) is 3.95. The number of fused-ring (bicyclic) bond motifs is 3. The number of aromatic amines is 1. The molecule has 26 heavy (non-hydrogen) atoms. The molecule has 0 unspecified atom stereocenters. The highest BCUT2D eigenvalue weighted by molar-refractivity contribution is 8.00. The fourth-order valence-corrected chi connectivity index (χ4v) is 3.51. The van der Waals surface area contributed by atoms with Crippen LogP contribution in [0.4, 0.5) is 5.69 Å². The standard InChI is InChI=1S/C19H16N4O2S/c1-25-13-6-4-5-12(9-13)22-16(24)10-26-19-18-17(20-11-21-19)14-7-2-3-8-15(14)23-18/h2-9,11,23H,10H2,1H3,(H,22,24). The molecule has 0 aliphatic heterocycles. The Morgan fingerprint density at radius 3 is 2.96 bits per heavy atom. The molecule has 0 aliphatic carbocycles. The predicted octanol–water partition coefficient (Wildman–Crippen LogP) is 3.85. The zero-order chi connectivity index (χ0) is 17.9. The first-order valence-electron chi connectivity index (χ1n) is 8.03. The topological polar surface area (TPSA) is 79.9 Å². The van der Waals surface area contributed by atoms with Gasteiger partial charge in [0.15, 0.2) is 0 Å². The molecule has 4 aromatic rings. The van der Waals surface area contributed by atoms with Gasteiger partial charge in [-0.2, -0.15) is 0 Å². The molecule has 2 heterocycles. The summed E-state index contributed by atoms with van der Waals surface area (Å²) in [5, 5.41) is 4.67. The smallest absolute Gasteiger partial charge is 0.234 e. The van der Waals surface area contributed by atoms with Crippen molar-refractivity contribution >= 4 is 45.3 Å². The highest BCUT2D eigenvalue weighted by atomic mass is 32.2. The number of para-hydroxylation sites is 1. The van der Waals surface area contributed by atoms with Crippen molar-refractivity contribution in [1.82, 2.24) is 15.0 Å². The minimum absolute atomic E-state index is 0.105. The summed E-state index contributed by atoms with van der Waals surface area (Å²) < 4.78 is 5.17. The lowest BCUT2D eigenvalue weighted by atomic mass is 10.2. The number of benzene rings is 2. The Hall–Kier alpha value is -3.06. The highest BCUT2D eigenvalue weighted by Gasteiger charge is 2.12. The summed E-state index contributed by atoms with van der Waals surface area (Å²) in [5.74, 6) is 0.843. The third-order valence-corrected chi connectivity index (χ3v) is 4.94. The van der Waals surface area contributed by atoms with Gasteiger partial charge < -0.3 is 15.0 Å². The van der Waals surface area contributed by atoms with E-state index in [-0.39, 0.29) is 11.7 Å². The van der Waals surface area contributed by atoms with Crippen LogP contribution in [0, 0.1) is 0 Å². The number of hydrogen-bond donors (Lipinski definition) is 2. The number of nitrogens with zero attached hydrogens (tertiary/aromatic N) is 2. The van der Waals surface area contributed by atoms with Gasteiger partial charge in [0, 0.05) is 22.7 Å². The lowest BCUT2D eigenvalue weighted by Gasteiger charge is -2.07. The van der Waals surface area contributed by atoms with Gasteiger partial charge in [-0.05, 0) is 18.2 Å². The van der Waals surface area contributed by atoms with Crippen LogP contribution in [-0.2, 0) is 4.79 Å². The monoisotopic (exact) mass is 364 g/mol. The van der Waals surface area contributed by atoms with Crippen LogP contribution in [0.2, 0.25) is 0 Å². The number of amides is 1. The number of carbonyl (C=O) groups excluding carboxylic acids is 1. The second-order valence-electron chi connectivity index (χ2n) is 5.64. The van der Waals surface area contributed by atoms with Crippen LogP contribution < -0.4 is 10.1 Å². The molecule has 0 atom stereocenters. The van der Waals surface area contributed by atoms with E-state index < -0.39 is 0 Å². The van der Waals surface area contributed by atoms with Gasteiger partial charge in [0.25, 0.3) is 0 Å². The van der Waals surface area contributed by atoms with Gasteiger partial charge in [-0.1, -0.05) is 36.0 Å². The van der Waals surface area contributed by atoms with Crippen molar-refractivity contribution in [3.63, 3.8) is 0 Å². The number of rotatable bonds is 5. The number of hydrogen-bond acceptors (Lipinski definition) is 5. The van der Waals surface area contributed by atoms with Crippen molar-refractivity contribution in [2.45, 2.75) is 5.03 Å². The van der Waals surface area contributed by atoms with E-state index in [4.69, 9.17) is 4.74 Å². The minimum atomic E-state index is -0.105. The fraction of sp³-hybridized carbons (Fsp3) is 0.105. The molecule has 0 spiro atoms. The molecule has 4 rings (SSSR count). The van der Waals surface area contributed by atoms with Crippen LogP contribution in [0.1, 0.15) is 0 Å². The van der Waals surface area contributed by atoms with Crippen LogP contribution in [-0.4, -0.2) is 33.7 Å². The number of H-pyrrole nitrogens is 1. The second-order valence-corrected chi connectivity index (χ2v) is 6.61. The zero-order valence-corrected chi connectivity index (χ0v) is 14.8. The van der Waals surface area contributed by atoms with E-state index in [2.05, 4.69) is 20.3 Å². The van der Waals surface area contributed by atoms with Crippen molar-refractivity contribution in [3.05, 3.63) is 54.9 Å². The molecule has 7 heteroatoms. The molecule has 2 N–H and O–H groups in total. The minimum Gasteiger partial charge on any atom is -0.497 e. The summed E-state index contributed by atoms with van der Waals surface area (Å²) in [5.41, 5.74) is 3.43. The molecule has 6 nitrogen and oxygen atoms in total. The summed E-state index contributed by atoms with van der Waals surface area (Å²) in [6, 6.07) is 15.2. The van der Waals surface area contributed by atoms with E-state index in [1.54, 1.807) is 13.2 Å². The fourth-order valence-electron chi connectivity index (χ4n) is 2.76. The Morgan fingerprint density at radius 1 is 1.19 bits per heavy atom. The maximum Gasteiger partial charge on any atom is 0.234 e. The summed E-state index contributed by atoms with van der Waals surface area (Å²) >= 11 is 1.38. The van der Waals surface area contributed by atoms with Crippen molar-refractivity contribution in [3.8, 4) is 5.75 Å². The number of carbonyl (C=O) groups is 1. The van der Waals surface area contributed by atoms with E-state index in [0.29, 0.717) is 11.4 Å². The first-order valence-corrected chi connectivity index (χ1v) is 9.01. The third kappa shape index (κ3) is 3.21. The van der Waals surface area contributed by atoms with Crippen LogP contribution >= 0.6 is 11.8 Å². The van der Waals surface area contributed by atoms with Gasteiger partial charge in [0.05, 0.1) is 18.4 Å². The van der Waals surface area contributed by atoms with Gasteiger partial charge in [0.1, 0.15) is 22.6 Å². The first-order chi connectivity index (χ1) is 12.7. The Kier molecular flexibility index (Phi) is 4.45. The average Bonchev–Trinajstić information content (AvgIpc) is 3.06. The van der Waals surface area contributed by atoms with Gasteiger partial charge in [-0.15, -0.1) is 0 Å². The van der Waals surface area contributed by atoms with E-state index in [0.717, 1.165) is 27.0 Å². The van der Waals surface area contributed by atoms with Crippen LogP contribution in [0.5, 0.6) is 5.75 Å². The summed E-state index contributed by atoms with van der Waals surface area (Å²) in [6.45, 7) is 0. The molecule has 130 valence electrons. The van der Waals surface area contributed by atoms with Crippen LogP contribution in [0.15, 0.2) is 59.9 Å². The van der Waals surface area contributed by atoms with Crippen molar-refractivity contribution in [2.75, 3.05) is 18.2 Å². The molecule has 1 amide bonds. The van der Waals surface area contributed by atoms with E-state index in [1.807, 2.05) is 42.5 Å². The normalized spacial score (nSPS) is 11.0. The summed E-state index contributed by atoms with van der Waals surface area (Å²) in [7, 11) is 1.59. The Balaban J connectivity index is 1.51. The maximum absolute atomic E-state index is 12.3. The number of methoxy groups -OCH3 is 1. The number of ether oxygens (including phenoxy) is 1. The average molecular weight is 364 g/mol. The molecule has 0 radical (unpaired) electrons. The van der Waals surface area contributed by atoms with Crippen molar-refractivity contribution in [2.24, 2.45) is 0 Å². The van der Waals surface area contributed by atoms with E-state index >= 15 is 0 Å². The molecule has 2 aromatic carbocycles. The Labute approximate surface area is 154 Å². The predicted molar refractivity (Wildman–Crippen MR) is 104 cm³/mol. The van der Waals surface area contributed by atoms with Gasteiger partial charge in [0.2, 0.25) is 5.91 Å². The number of nitrogens with one attached hydrogen (secondary N) is 2. The van der Waals surface area contributed by atoms with Gasteiger partial charge in [-0.3, -0.25) is 4.79 Å². The second kappa shape index (κ2) is 7.05. The van der Waals surface area contributed by atoms with E-state index in [1.165, 1.54) is 18.1 Å². The molecule has 2 aromatic heterocycles. The first kappa shape index (κ1) is 16.4. The van der Waals surface area contributed by atoms with E-state index in [9.17, 15) is 4.79 Å². The van der Waals surface area contributed by atoms with Gasteiger partial charge >= 0.3 is 0 Å². The summed E-state index contributed by atoms with van der Waals surface area (Å²) in [4.78, 5) is 24.3. The van der Waals surface area contributed by atoms with Crippen LogP contribution in [0.25, 0.3) is 21.9 Å². The molecule has 0 fully saturated rings. The quantitative estimate of drug-likeness (QED) is 0.415. The zero-order valence-electron chi connectivity index (χ0n) is 14.0. The molecule has 0 aliphatic rings. The lowest BCUT2D eigenvalue weighted by molar-refractivity contribution is -0.113. The van der Waals surface area contributed by atoms with Gasteiger partial charge in [-0.25, -0.2) is 9.97 Å². The molecule has 0 saturated carbocycles. The van der Waals surface area contributed by atoms with Crippen LogP contribution in [0.3, 0.4) is 0 Å². The number of thioether (sulfide) groups is 1. The molecule has 0 saturated heterocycles. The van der Waals surface area contributed by atoms with Crippen molar-refractivity contribution < 1.29 is 9.53 Å². The largest absolute Gasteiger partial charge is 0.497 e. The SMILES string of the molecule is COc1cccc(NC(=O)CSc2ncnc3c2[nH]c2ccccc23)c1. The molecular weight excluding hydrogens is 348 g/mol. The molecular formula is C19H16N4O2S. The maximum atomic E-state index is 12.3. The molecule has 0 bridgehead atoms. The highest BCUT2D eigenvalue weighted by Crippen LogP contribution is 2.29. The number of aromatic nitrogens is 3. The Morgan fingerprint density at radius 2 is 2.08 bits per heavy atom.